The molecular weight excluding hydrogens is 224 g/mol. The highest BCUT2D eigenvalue weighted by molar-refractivity contribution is 5.69. The lowest BCUT2D eigenvalue weighted by Gasteiger charge is -2.28. The zero-order chi connectivity index (χ0) is 13.2. The summed E-state index contributed by atoms with van der Waals surface area (Å²) in [6, 6.07) is 0. The van der Waals surface area contributed by atoms with Gasteiger partial charge in [0.1, 0.15) is 0 Å². The first-order valence-corrected chi connectivity index (χ1v) is 7.91. The van der Waals surface area contributed by atoms with E-state index < -0.39 is 0 Å². The molecule has 18 heavy (non-hydrogen) atoms. The molecule has 2 heteroatoms. The molecule has 0 aromatic heterocycles. The van der Waals surface area contributed by atoms with Crippen LogP contribution in [0.15, 0.2) is 0 Å². The number of hydrogen-bond donors (Lipinski definition) is 0. The van der Waals surface area contributed by atoms with Crippen LogP contribution in [0.1, 0.15) is 78.1 Å². The fourth-order valence-corrected chi connectivity index (χ4v) is 3.05. The first-order chi connectivity index (χ1) is 8.76. The quantitative estimate of drug-likeness (QED) is 0.463. The van der Waals surface area contributed by atoms with Gasteiger partial charge in [0.2, 0.25) is 0 Å². The number of esters is 1. The van der Waals surface area contributed by atoms with Crippen molar-refractivity contribution < 1.29 is 9.53 Å². The average molecular weight is 254 g/mol. The summed E-state index contributed by atoms with van der Waals surface area (Å²) in [7, 11) is 0. The molecule has 0 aromatic rings. The van der Waals surface area contributed by atoms with Crippen LogP contribution in [0.4, 0.5) is 0 Å². The Balaban J connectivity index is 2.06. The fourth-order valence-electron chi connectivity index (χ4n) is 3.05. The molecule has 0 unspecified atom stereocenters. The lowest BCUT2D eigenvalue weighted by molar-refractivity contribution is -0.143. The summed E-state index contributed by atoms with van der Waals surface area (Å²) in [4.78, 5) is 11.3. The van der Waals surface area contributed by atoms with E-state index in [0.717, 1.165) is 18.3 Å². The summed E-state index contributed by atoms with van der Waals surface area (Å²) in [5.41, 5.74) is 0. The predicted molar refractivity (Wildman–Crippen MR) is 75.5 cm³/mol. The Morgan fingerprint density at radius 1 is 1.00 bits per heavy atom. The number of rotatable bonds is 8. The van der Waals surface area contributed by atoms with Crippen molar-refractivity contribution in [2.24, 2.45) is 11.8 Å². The Kier molecular flexibility index (Phi) is 8.11. The fraction of sp³-hybridized carbons (Fsp3) is 0.938. The van der Waals surface area contributed by atoms with Gasteiger partial charge in [-0.15, -0.1) is 0 Å². The van der Waals surface area contributed by atoms with Crippen molar-refractivity contribution in [3.8, 4) is 0 Å². The molecule has 1 fully saturated rings. The van der Waals surface area contributed by atoms with Crippen LogP contribution in [-0.4, -0.2) is 12.6 Å². The first kappa shape index (κ1) is 15.5. The molecule has 0 atom stereocenters. The molecule has 106 valence electrons. The van der Waals surface area contributed by atoms with Gasteiger partial charge >= 0.3 is 5.97 Å². The second kappa shape index (κ2) is 9.41. The maximum Gasteiger partial charge on any atom is 0.305 e. The molecule has 0 radical (unpaired) electrons. The predicted octanol–water partition coefficient (Wildman–Crippen LogP) is 4.72. The SMILES string of the molecule is CCCCC[C@H]1CC[C@H](CCC(=O)OCC)CC1. The molecule has 1 aliphatic rings. The molecule has 0 amide bonds. The summed E-state index contributed by atoms with van der Waals surface area (Å²) >= 11 is 0. The minimum atomic E-state index is -0.0115. The lowest BCUT2D eigenvalue weighted by atomic mass is 9.78. The van der Waals surface area contributed by atoms with Crippen LogP contribution in [-0.2, 0) is 9.53 Å². The summed E-state index contributed by atoms with van der Waals surface area (Å²) in [5, 5.41) is 0. The third kappa shape index (κ3) is 6.42. The van der Waals surface area contributed by atoms with Crippen LogP contribution in [0.2, 0.25) is 0 Å². The van der Waals surface area contributed by atoms with Crippen molar-refractivity contribution in [2.45, 2.75) is 78.1 Å². The maximum atomic E-state index is 11.3. The third-order valence-electron chi connectivity index (χ3n) is 4.24. The highest BCUT2D eigenvalue weighted by Gasteiger charge is 2.21. The number of unbranched alkanes of at least 4 members (excludes halogenated alkanes) is 2. The van der Waals surface area contributed by atoms with Crippen LogP contribution in [0.3, 0.4) is 0 Å². The Hall–Kier alpha value is -0.530. The van der Waals surface area contributed by atoms with Gasteiger partial charge < -0.3 is 4.74 Å². The number of hydrogen-bond acceptors (Lipinski definition) is 2. The van der Waals surface area contributed by atoms with Crippen LogP contribution < -0.4 is 0 Å². The maximum absolute atomic E-state index is 11.3. The Morgan fingerprint density at radius 2 is 1.61 bits per heavy atom. The third-order valence-corrected chi connectivity index (χ3v) is 4.24. The standard InChI is InChI=1S/C16H30O2/c1-3-5-6-7-14-8-10-15(11-9-14)12-13-16(17)18-4-2/h14-15H,3-13H2,1-2H3/t14-,15-. The van der Waals surface area contributed by atoms with Crippen molar-refractivity contribution in [1.29, 1.82) is 0 Å². The van der Waals surface area contributed by atoms with Crippen LogP contribution >= 0.6 is 0 Å². The van der Waals surface area contributed by atoms with Gasteiger partial charge in [-0.05, 0) is 25.2 Å². The van der Waals surface area contributed by atoms with Crippen molar-refractivity contribution in [1.82, 2.24) is 0 Å². The van der Waals surface area contributed by atoms with E-state index in [2.05, 4.69) is 6.92 Å². The molecule has 1 saturated carbocycles. The molecule has 0 aliphatic heterocycles. The van der Waals surface area contributed by atoms with Gasteiger partial charge in [0.15, 0.2) is 0 Å². The van der Waals surface area contributed by atoms with Crippen LogP contribution in [0, 0.1) is 11.8 Å². The highest BCUT2D eigenvalue weighted by atomic mass is 16.5. The topological polar surface area (TPSA) is 26.3 Å². The van der Waals surface area contributed by atoms with Gasteiger partial charge in [0, 0.05) is 6.42 Å². The zero-order valence-corrected chi connectivity index (χ0v) is 12.2. The molecule has 1 rings (SSSR count). The average Bonchev–Trinajstić information content (AvgIpc) is 2.38. The van der Waals surface area contributed by atoms with Crippen molar-refractivity contribution in [2.75, 3.05) is 6.61 Å². The molecule has 0 heterocycles. The van der Waals surface area contributed by atoms with Gasteiger partial charge in [0.05, 0.1) is 6.61 Å². The van der Waals surface area contributed by atoms with Gasteiger partial charge in [-0.2, -0.15) is 0 Å². The minimum Gasteiger partial charge on any atom is -0.466 e. The second-order valence-electron chi connectivity index (χ2n) is 5.73. The zero-order valence-electron chi connectivity index (χ0n) is 12.2. The van der Waals surface area contributed by atoms with Crippen molar-refractivity contribution in [3.63, 3.8) is 0 Å². The number of carbonyl (C=O) groups excluding carboxylic acids is 1. The summed E-state index contributed by atoms with van der Waals surface area (Å²) in [6.45, 7) is 4.66. The summed E-state index contributed by atoms with van der Waals surface area (Å²) in [5.74, 6) is 1.73. The molecule has 2 nitrogen and oxygen atoms in total. The van der Waals surface area contributed by atoms with E-state index in [1.807, 2.05) is 6.92 Å². The van der Waals surface area contributed by atoms with E-state index in [9.17, 15) is 4.79 Å². The molecular formula is C16H30O2. The molecule has 0 spiro atoms. The Morgan fingerprint density at radius 3 is 2.17 bits per heavy atom. The van der Waals surface area contributed by atoms with Gasteiger partial charge in [-0.1, -0.05) is 58.3 Å². The monoisotopic (exact) mass is 254 g/mol. The summed E-state index contributed by atoms with van der Waals surface area (Å²) in [6.07, 6.45) is 12.7. The Bertz CT molecular complexity index is 217. The van der Waals surface area contributed by atoms with E-state index in [1.54, 1.807) is 0 Å². The molecule has 0 N–H and O–H groups in total. The lowest BCUT2D eigenvalue weighted by Crippen LogP contribution is -2.16. The minimum absolute atomic E-state index is 0.0115. The number of ether oxygens (including phenoxy) is 1. The van der Waals surface area contributed by atoms with Crippen LogP contribution in [0.5, 0.6) is 0 Å². The molecule has 0 saturated heterocycles. The van der Waals surface area contributed by atoms with Crippen LogP contribution in [0.25, 0.3) is 0 Å². The van der Waals surface area contributed by atoms with Gasteiger partial charge in [0.25, 0.3) is 0 Å². The van der Waals surface area contributed by atoms with E-state index in [0.29, 0.717) is 13.0 Å². The normalized spacial score (nSPS) is 23.9. The first-order valence-electron chi connectivity index (χ1n) is 7.91. The van der Waals surface area contributed by atoms with Gasteiger partial charge in [-0.25, -0.2) is 0 Å². The molecule has 1 aliphatic carbocycles. The second-order valence-corrected chi connectivity index (χ2v) is 5.73. The van der Waals surface area contributed by atoms with E-state index in [1.165, 1.54) is 51.4 Å². The van der Waals surface area contributed by atoms with E-state index in [-0.39, 0.29) is 5.97 Å². The van der Waals surface area contributed by atoms with E-state index in [4.69, 9.17) is 4.74 Å². The van der Waals surface area contributed by atoms with Gasteiger partial charge in [-0.3, -0.25) is 4.79 Å². The van der Waals surface area contributed by atoms with Crippen molar-refractivity contribution >= 4 is 5.97 Å². The van der Waals surface area contributed by atoms with E-state index >= 15 is 0 Å². The summed E-state index contributed by atoms with van der Waals surface area (Å²) < 4.78 is 4.98. The Labute approximate surface area is 112 Å². The van der Waals surface area contributed by atoms with Crippen molar-refractivity contribution in [3.05, 3.63) is 0 Å². The molecule has 0 aromatic carbocycles. The molecule has 0 bridgehead atoms. The smallest absolute Gasteiger partial charge is 0.305 e. The number of carbonyl (C=O) groups is 1. The highest BCUT2D eigenvalue weighted by Crippen LogP contribution is 2.34. The largest absolute Gasteiger partial charge is 0.466 e.